The highest BCUT2D eigenvalue weighted by Crippen LogP contribution is 2.48. The number of carbonyl (C=O) groups excluding carboxylic acids is 1. The monoisotopic (exact) mass is 284 g/mol. The van der Waals surface area contributed by atoms with E-state index in [0.29, 0.717) is 18.1 Å². The number of nitrogens with zero attached hydrogens (tertiary/aromatic N) is 1. The van der Waals surface area contributed by atoms with E-state index >= 15 is 0 Å². The lowest BCUT2D eigenvalue weighted by Gasteiger charge is -2.32. The van der Waals surface area contributed by atoms with E-state index in [1.54, 1.807) is 7.11 Å². The second-order valence-corrected chi connectivity index (χ2v) is 6.08. The van der Waals surface area contributed by atoms with Crippen LogP contribution in [0, 0.1) is 5.41 Å². The molecule has 1 aliphatic carbocycles. The Morgan fingerprint density at radius 1 is 1.35 bits per heavy atom. The van der Waals surface area contributed by atoms with Gasteiger partial charge < -0.3 is 19.7 Å². The zero-order chi connectivity index (χ0) is 14.4. The molecule has 1 aliphatic heterocycles. The zero-order valence-corrected chi connectivity index (χ0v) is 12.8. The number of hydrogen-bond donors (Lipinski definition) is 1. The number of nitrogens with one attached hydrogen (secondary N) is 1. The first-order valence-corrected chi connectivity index (χ1v) is 7.83. The third-order valence-corrected chi connectivity index (χ3v) is 4.58. The molecule has 5 nitrogen and oxygen atoms in total. The molecule has 0 aromatic heterocycles. The van der Waals surface area contributed by atoms with E-state index < -0.39 is 0 Å². The van der Waals surface area contributed by atoms with Gasteiger partial charge in [0, 0.05) is 39.4 Å². The van der Waals surface area contributed by atoms with Crippen LogP contribution in [0.2, 0.25) is 0 Å². The summed E-state index contributed by atoms with van der Waals surface area (Å²) in [4.78, 5) is 13.4. The van der Waals surface area contributed by atoms with Crippen LogP contribution in [0.3, 0.4) is 0 Å². The van der Waals surface area contributed by atoms with Gasteiger partial charge >= 0.3 is 6.09 Å². The van der Waals surface area contributed by atoms with Crippen molar-refractivity contribution in [1.29, 1.82) is 0 Å². The van der Waals surface area contributed by atoms with Crippen molar-refractivity contribution in [3.05, 3.63) is 0 Å². The van der Waals surface area contributed by atoms with Crippen LogP contribution in [0.15, 0.2) is 0 Å². The molecule has 2 fully saturated rings. The van der Waals surface area contributed by atoms with E-state index in [9.17, 15) is 4.79 Å². The van der Waals surface area contributed by atoms with E-state index in [0.717, 1.165) is 45.5 Å². The highest BCUT2D eigenvalue weighted by molar-refractivity contribution is 5.67. The third-order valence-electron chi connectivity index (χ3n) is 4.58. The van der Waals surface area contributed by atoms with Gasteiger partial charge in [-0.3, -0.25) is 0 Å². The van der Waals surface area contributed by atoms with Gasteiger partial charge in [-0.15, -0.1) is 0 Å². The van der Waals surface area contributed by atoms with Crippen LogP contribution in [0.5, 0.6) is 0 Å². The molecule has 1 saturated carbocycles. The SMILES string of the molecule is CCOC(=O)N1CCC(NCC2(CCOC)CC2)CC1. The summed E-state index contributed by atoms with van der Waals surface area (Å²) in [5, 5.41) is 3.69. The topological polar surface area (TPSA) is 50.8 Å². The van der Waals surface area contributed by atoms with Gasteiger partial charge in [0.05, 0.1) is 6.61 Å². The van der Waals surface area contributed by atoms with E-state index in [-0.39, 0.29) is 6.09 Å². The Labute approximate surface area is 122 Å². The van der Waals surface area contributed by atoms with E-state index in [1.165, 1.54) is 12.8 Å². The first-order valence-electron chi connectivity index (χ1n) is 7.83. The van der Waals surface area contributed by atoms with Crippen molar-refractivity contribution in [3.8, 4) is 0 Å². The predicted octanol–water partition coefficient (Wildman–Crippen LogP) is 2.01. The second-order valence-electron chi connectivity index (χ2n) is 6.08. The normalized spacial score (nSPS) is 21.8. The molecule has 20 heavy (non-hydrogen) atoms. The smallest absolute Gasteiger partial charge is 0.409 e. The summed E-state index contributed by atoms with van der Waals surface area (Å²) >= 11 is 0. The summed E-state index contributed by atoms with van der Waals surface area (Å²) in [7, 11) is 1.77. The molecule has 0 unspecified atom stereocenters. The van der Waals surface area contributed by atoms with Crippen LogP contribution >= 0.6 is 0 Å². The van der Waals surface area contributed by atoms with Gasteiger partial charge in [0.25, 0.3) is 0 Å². The molecular weight excluding hydrogens is 256 g/mol. The largest absolute Gasteiger partial charge is 0.450 e. The molecule has 0 aromatic rings. The van der Waals surface area contributed by atoms with Crippen molar-refractivity contribution >= 4 is 6.09 Å². The molecule has 1 heterocycles. The molecular formula is C15H28N2O3. The van der Waals surface area contributed by atoms with Crippen LogP contribution in [0.25, 0.3) is 0 Å². The average molecular weight is 284 g/mol. The van der Waals surface area contributed by atoms with Crippen LogP contribution in [-0.4, -0.2) is 57.0 Å². The van der Waals surface area contributed by atoms with Crippen molar-refractivity contribution in [2.24, 2.45) is 5.41 Å². The Bertz CT molecular complexity index is 310. The van der Waals surface area contributed by atoms with Crippen LogP contribution in [-0.2, 0) is 9.47 Å². The quantitative estimate of drug-likeness (QED) is 0.777. The van der Waals surface area contributed by atoms with Gasteiger partial charge in [-0.2, -0.15) is 0 Å². The number of ether oxygens (including phenoxy) is 2. The third kappa shape index (κ3) is 4.35. The Kier molecular flexibility index (Phi) is 5.66. The molecule has 0 radical (unpaired) electrons. The summed E-state index contributed by atoms with van der Waals surface area (Å²) in [5.74, 6) is 0. The molecule has 0 aromatic carbocycles. The lowest BCUT2D eigenvalue weighted by Crippen LogP contribution is -2.46. The Morgan fingerprint density at radius 2 is 2.05 bits per heavy atom. The number of carbonyl (C=O) groups is 1. The molecule has 2 rings (SSSR count). The Morgan fingerprint density at radius 3 is 2.60 bits per heavy atom. The highest BCUT2D eigenvalue weighted by atomic mass is 16.6. The molecule has 0 spiro atoms. The minimum Gasteiger partial charge on any atom is -0.450 e. The molecule has 0 atom stereocenters. The number of methoxy groups -OCH3 is 1. The average Bonchev–Trinajstić information content (AvgIpc) is 3.24. The van der Waals surface area contributed by atoms with Crippen molar-refractivity contribution in [3.63, 3.8) is 0 Å². The molecule has 1 N–H and O–H groups in total. The van der Waals surface area contributed by atoms with Crippen LogP contribution in [0.1, 0.15) is 39.0 Å². The number of amides is 1. The number of hydrogen-bond acceptors (Lipinski definition) is 4. The second kappa shape index (κ2) is 7.27. The van der Waals surface area contributed by atoms with Crippen LogP contribution in [0.4, 0.5) is 4.79 Å². The standard InChI is InChI=1S/C15H28N2O3/c1-3-20-14(18)17-9-4-13(5-10-17)16-12-15(6-7-15)8-11-19-2/h13,16H,3-12H2,1-2H3. The zero-order valence-electron chi connectivity index (χ0n) is 12.8. The fourth-order valence-corrected chi connectivity index (χ4v) is 2.85. The van der Waals surface area contributed by atoms with Crippen LogP contribution < -0.4 is 5.32 Å². The molecule has 116 valence electrons. The maximum atomic E-state index is 11.6. The van der Waals surface area contributed by atoms with Gasteiger partial charge in [0.2, 0.25) is 0 Å². The minimum atomic E-state index is -0.162. The van der Waals surface area contributed by atoms with Crippen molar-refractivity contribution in [2.45, 2.75) is 45.1 Å². The molecule has 0 bridgehead atoms. The molecule has 1 saturated heterocycles. The Balaban J connectivity index is 1.63. The lowest BCUT2D eigenvalue weighted by atomic mass is 10.0. The number of piperidine rings is 1. The summed E-state index contributed by atoms with van der Waals surface area (Å²) < 4.78 is 10.2. The molecule has 5 heteroatoms. The maximum Gasteiger partial charge on any atom is 0.409 e. The van der Waals surface area contributed by atoms with Crippen molar-refractivity contribution in [2.75, 3.05) is 40.0 Å². The fraction of sp³-hybridized carbons (Fsp3) is 0.933. The predicted molar refractivity (Wildman–Crippen MR) is 77.8 cm³/mol. The van der Waals surface area contributed by atoms with E-state index in [1.807, 2.05) is 11.8 Å². The summed E-state index contributed by atoms with van der Waals surface area (Å²) in [6, 6.07) is 0.542. The van der Waals surface area contributed by atoms with Gasteiger partial charge in [-0.25, -0.2) is 4.79 Å². The molecule has 1 amide bonds. The lowest BCUT2D eigenvalue weighted by molar-refractivity contribution is 0.0942. The summed E-state index contributed by atoms with van der Waals surface area (Å²) in [5.41, 5.74) is 0.494. The van der Waals surface area contributed by atoms with Gasteiger partial charge in [-0.05, 0) is 44.4 Å². The van der Waals surface area contributed by atoms with Crippen molar-refractivity contribution in [1.82, 2.24) is 10.2 Å². The van der Waals surface area contributed by atoms with E-state index in [4.69, 9.17) is 9.47 Å². The highest BCUT2D eigenvalue weighted by Gasteiger charge is 2.42. The van der Waals surface area contributed by atoms with E-state index in [2.05, 4.69) is 5.32 Å². The number of rotatable bonds is 7. The van der Waals surface area contributed by atoms with Gasteiger partial charge in [-0.1, -0.05) is 0 Å². The summed E-state index contributed by atoms with van der Waals surface area (Å²) in [6.07, 6.45) is 5.71. The Hall–Kier alpha value is -0.810. The number of likely N-dealkylation sites (tertiary alicyclic amines) is 1. The fourth-order valence-electron chi connectivity index (χ4n) is 2.85. The molecule has 2 aliphatic rings. The van der Waals surface area contributed by atoms with Gasteiger partial charge in [0.15, 0.2) is 0 Å². The minimum absolute atomic E-state index is 0.162. The summed E-state index contributed by atoms with van der Waals surface area (Å²) in [6.45, 7) is 5.88. The van der Waals surface area contributed by atoms with Crippen molar-refractivity contribution < 1.29 is 14.3 Å². The maximum absolute atomic E-state index is 11.6. The first kappa shape index (κ1) is 15.6. The van der Waals surface area contributed by atoms with Gasteiger partial charge in [0.1, 0.15) is 0 Å². The first-order chi connectivity index (χ1) is 9.69.